The number of carbonyl (C=O) groups excluding carboxylic acids is 1. The minimum Gasteiger partial charge on any atom is -0.493 e. The second-order valence-corrected chi connectivity index (χ2v) is 9.76. The Morgan fingerprint density at radius 2 is 1.74 bits per heavy atom. The van der Waals surface area contributed by atoms with E-state index in [-0.39, 0.29) is 24.2 Å². The molecule has 0 saturated carbocycles. The SMILES string of the molecule is COc1cc2c(cc1OC)C(c1ccnc(-n3nc(-c4cccnc4)c4ccccc4c3=O)c1)=N[C@H](COC(C)=O)C2. The molecule has 0 amide bonds. The fourth-order valence-corrected chi connectivity index (χ4v) is 5.14. The Hall–Kier alpha value is -5.38. The van der Waals surface area contributed by atoms with Crippen LogP contribution < -0.4 is 15.0 Å². The summed E-state index contributed by atoms with van der Waals surface area (Å²) < 4.78 is 17.7. The summed E-state index contributed by atoms with van der Waals surface area (Å²) in [5, 5.41) is 5.99. The van der Waals surface area contributed by atoms with Crippen LogP contribution in [0.25, 0.3) is 27.8 Å². The number of hydrogen-bond donors (Lipinski definition) is 0. The number of rotatable bonds is 7. The Bertz CT molecular complexity index is 1900. The Balaban J connectivity index is 1.51. The molecule has 3 aromatic heterocycles. The number of hydrogen-bond acceptors (Lipinski definition) is 9. The number of esters is 1. The quantitative estimate of drug-likeness (QED) is 0.272. The molecule has 2 aromatic carbocycles. The molecule has 42 heavy (non-hydrogen) atoms. The van der Waals surface area contributed by atoms with Crippen molar-refractivity contribution in [3.05, 3.63) is 106 Å². The van der Waals surface area contributed by atoms with Gasteiger partial charge in [0.25, 0.3) is 5.56 Å². The Morgan fingerprint density at radius 3 is 2.48 bits per heavy atom. The summed E-state index contributed by atoms with van der Waals surface area (Å²) in [7, 11) is 3.16. The van der Waals surface area contributed by atoms with Gasteiger partial charge in [-0.15, -0.1) is 0 Å². The van der Waals surface area contributed by atoms with Crippen LogP contribution in [0.2, 0.25) is 0 Å². The summed E-state index contributed by atoms with van der Waals surface area (Å²) in [6, 6.07) is 18.2. The average molecular weight is 562 g/mol. The van der Waals surface area contributed by atoms with Gasteiger partial charge in [0.05, 0.1) is 31.4 Å². The molecule has 0 bridgehead atoms. The van der Waals surface area contributed by atoms with Crippen molar-refractivity contribution in [2.45, 2.75) is 19.4 Å². The molecular weight excluding hydrogens is 534 g/mol. The van der Waals surface area contributed by atoms with Gasteiger partial charge in [-0.1, -0.05) is 18.2 Å². The van der Waals surface area contributed by atoms with Crippen LogP contribution in [-0.2, 0) is 16.0 Å². The van der Waals surface area contributed by atoms with Gasteiger partial charge in [-0.2, -0.15) is 9.78 Å². The lowest BCUT2D eigenvalue weighted by Crippen LogP contribution is -2.27. The first-order chi connectivity index (χ1) is 20.5. The fourth-order valence-electron chi connectivity index (χ4n) is 5.14. The molecular formula is C32H27N5O5. The number of ether oxygens (including phenoxy) is 3. The maximum absolute atomic E-state index is 13.7. The molecule has 0 aliphatic carbocycles. The lowest BCUT2D eigenvalue weighted by molar-refractivity contribution is -0.141. The molecule has 0 fully saturated rings. The highest BCUT2D eigenvalue weighted by Gasteiger charge is 2.26. The summed E-state index contributed by atoms with van der Waals surface area (Å²) in [5.41, 5.74) is 4.27. The normalized spacial score (nSPS) is 14.2. The van der Waals surface area contributed by atoms with E-state index in [1.165, 1.54) is 11.6 Å². The van der Waals surface area contributed by atoms with Gasteiger partial charge in [0.15, 0.2) is 17.3 Å². The molecule has 0 N–H and O–H groups in total. The van der Waals surface area contributed by atoms with Crippen molar-refractivity contribution >= 4 is 22.5 Å². The molecule has 6 rings (SSSR count). The minimum absolute atomic E-state index is 0.130. The zero-order valence-electron chi connectivity index (χ0n) is 23.3. The highest BCUT2D eigenvalue weighted by Crippen LogP contribution is 2.35. The van der Waals surface area contributed by atoms with Gasteiger partial charge >= 0.3 is 5.97 Å². The van der Waals surface area contributed by atoms with E-state index in [2.05, 4.69) is 9.97 Å². The number of fused-ring (bicyclic) bond motifs is 2. The van der Waals surface area contributed by atoms with Gasteiger partial charge in [0.2, 0.25) is 0 Å². The zero-order chi connectivity index (χ0) is 29.2. The van der Waals surface area contributed by atoms with Crippen molar-refractivity contribution in [2.24, 2.45) is 4.99 Å². The highest BCUT2D eigenvalue weighted by molar-refractivity contribution is 6.15. The molecule has 10 nitrogen and oxygen atoms in total. The lowest BCUT2D eigenvalue weighted by atomic mass is 9.90. The molecule has 0 saturated heterocycles. The van der Waals surface area contributed by atoms with Gasteiger partial charge in [0, 0.05) is 47.6 Å². The zero-order valence-corrected chi connectivity index (χ0v) is 23.3. The maximum atomic E-state index is 13.7. The van der Waals surface area contributed by atoms with Crippen LogP contribution in [0.1, 0.15) is 23.6 Å². The molecule has 4 heterocycles. The van der Waals surface area contributed by atoms with E-state index >= 15 is 0 Å². The molecule has 1 aliphatic heterocycles. The Labute approximate surface area is 241 Å². The van der Waals surface area contributed by atoms with Crippen LogP contribution >= 0.6 is 0 Å². The molecule has 0 unspecified atom stereocenters. The minimum atomic E-state index is -0.373. The number of aliphatic imine (C=N–C) groups is 1. The van der Waals surface area contributed by atoms with Gasteiger partial charge in [-0.25, -0.2) is 4.98 Å². The van der Waals surface area contributed by atoms with Gasteiger partial charge in [-0.3, -0.25) is 19.6 Å². The third-order valence-corrected chi connectivity index (χ3v) is 7.09. The standard InChI is InChI=1S/C32H27N5O5/c1-19(38)42-18-23-13-22-14-27(40-2)28(41-3)16-26(22)30(35-23)20-10-12-34-29(15-20)37-32(39)25-9-5-4-8-24(25)31(36-37)21-7-6-11-33-17-21/h4-12,14-17,23H,13,18H2,1-3H3/t23-/m0/s1. The van der Waals surface area contributed by atoms with Crippen LogP contribution in [0.4, 0.5) is 0 Å². The third kappa shape index (κ3) is 4.98. The van der Waals surface area contributed by atoms with Crippen LogP contribution in [0.3, 0.4) is 0 Å². The van der Waals surface area contributed by atoms with Gasteiger partial charge in [0.1, 0.15) is 12.3 Å². The molecule has 10 heteroatoms. The molecule has 210 valence electrons. The summed E-state index contributed by atoms with van der Waals surface area (Å²) in [6.07, 6.45) is 5.57. The number of nitrogens with zero attached hydrogens (tertiary/aromatic N) is 5. The van der Waals surface area contributed by atoms with E-state index in [1.54, 1.807) is 44.9 Å². The summed E-state index contributed by atoms with van der Waals surface area (Å²) >= 11 is 0. The van der Waals surface area contributed by atoms with Crippen molar-refractivity contribution in [1.29, 1.82) is 0 Å². The maximum Gasteiger partial charge on any atom is 0.302 e. The summed E-state index contributed by atoms with van der Waals surface area (Å²) in [6.45, 7) is 1.50. The van der Waals surface area contributed by atoms with E-state index in [0.717, 1.165) is 22.1 Å². The van der Waals surface area contributed by atoms with Crippen LogP contribution in [0.5, 0.6) is 11.5 Å². The number of benzene rings is 2. The second kappa shape index (κ2) is 11.2. The van der Waals surface area contributed by atoms with Crippen molar-refractivity contribution in [1.82, 2.24) is 19.7 Å². The first-order valence-corrected chi connectivity index (χ1v) is 13.3. The van der Waals surface area contributed by atoms with E-state index in [1.807, 2.05) is 48.5 Å². The molecule has 0 radical (unpaired) electrons. The average Bonchev–Trinajstić information content (AvgIpc) is 3.03. The number of carbonyl (C=O) groups is 1. The number of methoxy groups -OCH3 is 2. The summed E-state index contributed by atoms with van der Waals surface area (Å²) in [4.78, 5) is 39.0. The highest BCUT2D eigenvalue weighted by atomic mass is 16.5. The number of pyridine rings is 2. The first kappa shape index (κ1) is 26.8. The van der Waals surface area contributed by atoms with Crippen molar-refractivity contribution in [3.63, 3.8) is 0 Å². The van der Waals surface area contributed by atoms with E-state index < -0.39 is 0 Å². The first-order valence-electron chi connectivity index (χ1n) is 13.3. The smallest absolute Gasteiger partial charge is 0.302 e. The Morgan fingerprint density at radius 1 is 0.952 bits per heavy atom. The van der Waals surface area contributed by atoms with Crippen LogP contribution in [-0.4, -0.2) is 58.3 Å². The monoisotopic (exact) mass is 561 g/mol. The molecule has 5 aromatic rings. The predicted molar refractivity (Wildman–Crippen MR) is 158 cm³/mol. The lowest BCUT2D eigenvalue weighted by Gasteiger charge is -2.25. The molecule has 1 aliphatic rings. The molecule has 1 atom stereocenters. The largest absolute Gasteiger partial charge is 0.493 e. The van der Waals surface area contributed by atoms with Crippen molar-refractivity contribution < 1.29 is 19.0 Å². The Kier molecular flexibility index (Phi) is 7.18. The topological polar surface area (TPSA) is 118 Å². The number of aromatic nitrogens is 4. The van der Waals surface area contributed by atoms with E-state index in [4.69, 9.17) is 24.3 Å². The van der Waals surface area contributed by atoms with E-state index in [0.29, 0.717) is 46.1 Å². The van der Waals surface area contributed by atoms with Crippen molar-refractivity contribution in [2.75, 3.05) is 20.8 Å². The fraction of sp³-hybridized carbons (Fsp3) is 0.188. The van der Waals surface area contributed by atoms with E-state index in [9.17, 15) is 9.59 Å². The van der Waals surface area contributed by atoms with Gasteiger partial charge < -0.3 is 14.2 Å². The summed E-state index contributed by atoms with van der Waals surface area (Å²) in [5.74, 6) is 1.11. The molecule has 0 spiro atoms. The predicted octanol–water partition coefficient (Wildman–Crippen LogP) is 4.19. The van der Waals surface area contributed by atoms with Crippen molar-refractivity contribution in [3.8, 4) is 28.6 Å². The van der Waals surface area contributed by atoms with Crippen LogP contribution in [0.15, 0.2) is 89.0 Å². The third-order valence-electron chi connectivity index (χ3n) is 7.09. The second-order valence-electron chi connectivity index (χ2n) is 9.76. The van der Waals surface area contributed by atoms with Gasteiger partial charge in [-0.05, 0) is 54.4 Å². The van der Waals surface area contributed by atoms with Crippen LogP contribution in [0, 0.1) is 0 Å².